The van der Waals surface area contributed by atoms with Crippen molar-refractivity contribution in [3.8, 4) is 0 Å². The zero-order valence-electron chi connectivity index (χ0n) is 4.72. The Labute approximate surface area is 52.7 Å². The Bertz CT molecular complexity index is 136. The van der Waals surface area contributed by atoms with Crippen molar-refractivity contribution < 1.29 is 0 Å². The van der Waals surface area contributed by atoms with Crippen molar-refractivity contribution in [2.75, 3.05) is 0 Å². The van der Waals surface area contributed by atoms with E-state index in [9.17, 15) is 0 Å². The second kappa shape index (κ2) is 2.77. The molecule has 0 bridgehead atoms. The Kier molecular flexibility index (Phi) is 1.97. The van der Waals surface area contributed by atoms with E-state index >= 15 is 0 Å². The molecule has 0 amide bonds. The fraction of sp³-hybridized carbons (Fsp3) is 0.600. The largest absolute Gasteiger partial charge is 0.217 e. The van der Waals surface area contributed by atoms with Gasteiger partial charge in [-0.1, -0.05) is 6.92 Å². The fourth-order valence-electron chi connectivity index (χ4n) is 0.485. The summed E-state index contributed by atoms with van der Waals surface area (Å²) in [7, 11) is 0. The zero-order valence-corrected chi connectivity index (χ0v) is 5.53. The van der Waals surface area contributed by atoms with E-state index in [1.54, 1.807) is 0 Å². The average molecular weight is 127 g/mol. The maximum atomic E-state index is 3.89. The summed E-state index contributed by atoms with van der Waals surface area (Å²) in [6.07, 6.45) is 4.72. The van der Waals surface area contributed by atoms with Crippen LogP contribution in [0.2, 0.25) is 0 Å². The summed E-state index contributed by atoms with van der Waals surface area (Å²) in [4.78, 5) is 3.89. The van der Waals surface area contributed by atoms with E-state index in [2.05, 4.69) is 22.6 Å². The van der Waals surface area contributed by atoms with Gasteiger partial charge in [0.05, 0.1) is 0 Å². The van der Waals surface area contributed by atoms with Crippen LogP contribution < -0.4 is 0 Å². The highest BCUT2D eigenvalue weighted by Gasteiger charge is 1.91. The summed E-state index contributed by atoms with van der Waals surface area (Å²) in [5.41, 5.74) is 0. The van der Waals surface area contributed by atoms with Gasteiger partial charge in [0.25, 0.3) is 0 Å². The van der Waals surface area contributed by atoms with Gasteiger partial charge in [0.15, 0.2) is 0 Å². The standard InChI is InChI=1S/C5H7N2S/c1-2-3-5-6-4-7-8-5/h2-3H2,1H3. The van der Waals surface area contributed by atoms with E-state index < -0.39 is 0 Å². The van der Waals surface area contributed by atoms with Crippen molar-refractivity contribution in [1.29, 1.82) is 0 Å². The van der Waals surface area contributed by atoms with Gasteiger partial charge in [-0.3, -0.25) is 0 Å². The summed E-state index contributed by atoms with van der Waals surface area (Å²) >= 11 is 1.43. The lowest BCUT2D eigenvalue weighted by atomic mass is 10.4. The maximum Gasteiger partial charge on any atom is 0.211 e. The first-order valence-corrected chi connectivity index (χ1v) is 3.39. The molecule has 0 aliphatic rings. The van der Waals surface area contributed by atoms with Gasteiger partial charge < -0.3 is 0 Å². The Morgan fingerprint density at radius 2 is 2.62 bits per heavy atom. The average Bonchev–Trinajstić information content (AvgIpc) is 2.19. The molecule has 1 rings (SSSR count). The van der Waals surface area contributed by atoms with Crippen LogP contribution in [-0.4, -0.2) is 9.36 Å². The van der Waals surface area contributed by atoms with Gasteiger partial charge in [-0.15, -0.1) is 0 Å². The van der Waals surface area contributed by atoms with Crippen LogP contribution in [-0.2, 0) is 6.42 Å². The van der Waals surface area contributed by atoms with Crippen LogP contribution in [0.1, 0.15) is 18.4 Å². The summed E-state index contributed by atoms with van der Waals surface area (Å²) in [6.45, 7) is 2.13. The van der Waals surface area contributed by atoms with Crippen molar-refractivity contribution in [1.82, 2.24) is 9.36 Å². The van der Waals surface area contributed by atoms with Crippen molar-refractivity contribution in [2.45, 2.75) is 19.8 Å². The SMILES string of the molecule is CCCc1n[c]ns1. The lowest BCUT2D eigenvalue weighted by molar-refractivity contribution is 0.907. The summed E-state index contributed by atoms with van der Waals surface area (Å²) < 4.78 is 3.75. The van der Waals surface area contributed by atoms with E-state index in [1.165, 1.54) is 11.5 Å². The molecule has 43 valence electrons. The normalized spacial score (nSPS) is 9.62. The highest BCUT2D eigenvalue weighted by molar-refractivity contribution is 7.05. The third-order valence-corrected chi connectivity index (χ3v) is 1.51. The molecule has 2 nitrogen and oxygen atoms in total. The van der Waals surface area contributed by atoms with E-state index in [-0.39, 0.29) is 0 Å². The van der Waals surface area contributed by atoms with Crippen molar-refractivity contribution >= 4 is 11.5 Å². The Morgan fingerprint density at radius 3 is 3.12 bits per heavy atom. The van der Waals surface area contributed by atoms with Crippen LogP contribution >= 0.6 is 11.5 Å². The molecule has 3 heteroatoms. The molecule has 0 saturated heterocycles. The van der Waals surface area contributed by atoms with Gasteiger partial charge >= 0.3 is 0 Å². The molecular weight excluding hydrogens is 120 g/mol. The Hall–Kier alpha value is -0.440. The van der Waals surface area contributed by atoms with Gasteiger partial charge in [-0.25, -0.2) is 4.98 Å². The zero-order chi connectivity index (χ0) is 5.82. The maximum absolute atomic E-state index is 3.89. The van der Waals surface area contributed by atoms with E-state index in [4.69, 9.17) is 0 Å². The van der Waals surface area contributed by atoms with Crippen LogP contribution in [0.3, 0.4) is 0 Å². The van der Waals surface area contributed by atoms with Crippen LogP contribution in [0.4, 0.5) is 0 Å². The molecule has 0 N–H and O–H groups in total. The predicted molar refractivity (Wildman–Crippen MR) is 32.7 cm³/mol. The topological polar surface area (TPSA) is 25.8 Å². The summed E-state index contributed by atoms with van der Waals surface area (Å²) in [5, 5.41) is 1.09. The molecule has 1 radical (unpaired) electrons. The Morgan fingerprint density at radius 1 is 1.75 bits per heavy atom. The molecule has 0 aromatic carbocycles. The first kappa shape index (κ1) is 5.69. The number of hydrogen-bond acceptors (Lipinski definition) is 3. The second-order valence-electron chi connectivity index (χ2n) is 1.54. The van der Waals surface area contributed by atoms with E-state index in [0.29, 0.717) is 0 Å². The lowest BCUT2D eigenvalue weighted by Gasteiger charge is -1.82. The predicted octanol–water partition coefficient (Wildman–Crippen LogP) is 1.29. The molecule has 0 atom stereocenters. The van der Waals surface area contributed by atoms with E-state index in [1.807, 2.05) is 0 Å². The highest BCUT2D eigenvalue weighted by atomic mass is 32.1. The van der Waals surface area contributed by atoms with Gasteiger partial charge in [0.1, 0.15) is 5.01 Å². The summed E-state index contributed by atoms with van der Waals surface area (Å²) in [6, 6.07) is 0. The smallest absolute Gasteiger partial charge is 0.211 e. The minimum atomic E-state index is 1.04. The number of aromatic nitrogens is 2. The van der Waals surface area contributed by atoms with Crippen molar-refractivity contribution in [2.24, 2.45) is 0 Å². The van der Waals surface area contributed by atoms with Gasteiger partial charge in [0.2, 0.25) is 6.33 Å². The third-order valence-electron chi connectivity index (χ3n) is 0.830. The fourth-order valence-corrected chi connectivity index (χ4v) is 1.05. The molecule has 1 aromatic rings. The molecule has 0 fully saturated rings. The first-order chi connectivity index (χ1) is 3.93. The van der Waals surface area contributed by atoms with Crippen molar-refractivity contribution in [3.05, 3.63) is 11.3 Å². The van der Waals surface area contributed by atoms with E-state index in [0.717, 1.165) is 17.8 Å². The van der Waals surface area contributed by atoms with Crippen LogP contribution in [0, 0.1) is 6.33 Å². The minimum absolute atomic E-state index is 1.04. The molecular formula is C5H7N2S. The van der Waals surface area contributed by atoms with Crippen molar-refractivity contribution in [3.63, 3.8) is 0 Å². The van der Waals surface area contributed by atoms with Gasteiger partial charge in [-0.2, -0.15) is 4.37 Å². The van der Waals surface area contributed by atoms with Gasteiger partial charge in [0, 0.05) is 6.42 Å². The molecule has 0 aliphatic heterocycles. The Balaban J connectivity index is 2.50. The molecule has 1 heterocycles. The van der Waals surface area contributed by atoms with Crippen LogP contribution in [0.25, 0.3) is 0 Å². The monoisotopic (exact) mass is 127 g/mol. The number of aryl methyl sites for hydroxylation is 1. The van der Waals surface area contributed by atoms with Gasteiger partial charge in [-0.05, 0) is 18.0 Å². The molecule has 0 spiro atoms. The lowest BCUT2D eigenvalue weighted by Crippen LogP contribution is -1.77. The van der Waals surface area contributed by atoms with Crippen LogP contribution in [0.15, 0.2) is 0 Å². The molecule has 0 aliphatic carbocycles. The number of hydrogen-bond donors (Lipinski definition) is 0. The number of nitrogens with zero attached hydrogens (tertiary/aromatic N) is 2. The first-order valence-electron chi connectivity index (χ1n) is 2.62. The minimum Gasteiger partial charge on any atom is -0.217 e. The second-order valence-corrected chi connectivity index (χ2v) is 2.37. The highest BCUT2D eigenvalue weighted by Crippen LogP contribution is 2.01. The molecule has 0 saturated carbocycles. The quantitative estimate of drug-likeness (QED) is 0.598. The number of rotatable bonds is 2. The summed E-state index contributed by atoms with van der Waals surface area (Å²) in [5.74, 6) is 0. The molecule has 0 unspecified atom stereocenters. The third kappa shape index (κ3) is 1.26. The molecule has 1 aromatic heterocycles. The molecule has 8 heavy (non-hydrogen) atoms. The van der Waals surface area contributed by atoms with Crippen LogP contribution in [0.5, 0.6) is 0 Å².